The van der Waals surface area contributed by atoms with E-state index in [0.717, 1.165) is 6.08 Å². The number of halogens is 18. The largest absolute Gasteiger partial charge is 0.478 e. The van der Waals surface area contributed by atoms with Crippen LogP contribution in [0.5, 0.6) is 0 Å². The number of aliphatic hydroxyl groups is 2. The third-order valence-electron chi connectivity index (χ3n) is 3.58. The van der Waals surface area contributed by atoms with Gasteiger partial charge in [-0.05, 0) is 0 Å². The second kappa shape index (κ2) is 9.73. The first-order valence-electron chi connectivity index (χ1n) is 7.43. The van der Waals surface area contributed by atoms with E-state index in [1.807, 2.05) is 0 Å². The fourth-order valence-corrected chi connectivity index (χ4v) is 1.51. The predicted octanol–water partition coefficient (Wildman–Crippen LogP) is 4.90. The molecule has 0 aliphatic rings. The second-order valence-corrected chi connectivity index (χ2v) is 5.91. The lowest BCUT2D eigenvalue weighted by atomic mass is 9.87. The molecule has 4 nitrogen and oxygen atoms in total. The summed E-state index contributed by atoms with van der Waals surface area (Å²) in [6.07, 6.45) is -10.3. The normalized spacial score (nSPS) is 15.1. The second-order valence-electron chi connectivity index (χ2n) is 5.91. The SMILES string of the molecule is C=CC(=O)O.OC(O)C(F)(F)C(F)(F)C(F)(F)C(F)(F)C(F)(F)C(F)(F)C(F)(F)C(F)(F)C(F)F. The Bertz CT molecular complexity index is 705. The molecule has 0 aliphatic heterocycles. The van der Waals surface area contributed by atoms with Gasteiger partial charge in [0.25, 0.3) is 0 Å². The molecule has 35 heavy (non-hydrogen) atoms. The Balaban J connectivity index is 0. The number of hydrogen-bond acceptors (Lipinski definition) is 3. The summed E-state index contributed by atoms with van der Waals surface area (Å²) >= 11 is 0. The van der Waals surface area contributed by atoms with E-state index in [9.17, 15) is 83.8 Å². The number of carboxylic acids is 1. The van der Waals surface area contributed by atoms with Crippen molar-refractivity contribution in [1.29, 1.82) is 0 Å². The Morgan fingerprint density at radius 1 is 0.571 bits per heavy atom. The van der Waals surface area contributed by atoms with Crippen molar-refractivity contribution >= 4 is 5.97 Å². The lowest BCUT2D eigenvalue weighted by Gasteiger charge is -2.43. The van der Waals surface area contributed by atoms with Crippen LogP contribution in [0.3, 0.4) is 0 Å². The first kappa shape index (κ1) is 35.0. The summed E-state index contributed by atoms with van der Waals surface area (Å²) < 4.78 is 230. The first-order valence-corrected chi connectivity index (χ1v) is 7.43. The molecule has 3 N–H and O–H groups in total. The van der Waals surface area contributed by atoms with Crippen LogP contribution in [0, 0.1) is 0 Å². The quantitative estimate of drug-likeness (QED) is 0.199. The standard InChI is InChI=1S/C10H4F18O2.C3H4O2/c11-1(12)3(13,14)5(17,18)7(21,22)9(25,26)10(27,28)8(23,24)6(19,20)4(15,16)2(29)30;1-2-3(4)5/h1-2,29-30H;2H,1H2,(H,4,5). The van der Waals surface area contributed by atoms with E-state index in [4.69, 9.17) is 15.3 Å². The van der Waals surface area contributed by atoms with Crippen LogP contribution in [-0.4, -0.2) is 81.4 Å². The third-order valence-corrected chi connectivity index (χ3v) is 3.58. The highest BCUT2D eigenvalue weighted by Crippen LogP contribution is 2.64. The van der Waals surface area contributed by atoms with Crippen LogP contribution in [0.4, 0.5) is 79.0 Å². The highest BCUT2D eigenvalue weighted by atomic mass is 19.4. The van der Waals surface area contributed by atoms with E-state index in [2.05, 4.69) is 6.58 Å². The van der Waals surface area contributed by atoms with Gasteiger partial charge >= 0.3 is 59.8 Å². The van der Waals surface area contributed by atoms with Gasteiger partial charge in [-0.2, -0.15) is 70.2 Å². The molecule has 0 saturated carbocycles. The van der Waals surface area contributed by atoms with Gasteiger partial charge in [0, 0.05) is 6.08 Å². The van der Waals surface area contributed by atoms with Crippen LogP contribution < -0.4 is 0 Å². The molecule has 0 heterocycles. The predicted molar refractivity (Wildman–Crippen MR) is 71.6 cm³/mol. The van der Waals surface area contributed by atoms with Crippen LogP contribution >= 0.6 is 0 Å². The number of aliphatic hydroxyl groups excluding tert-OH is 1. The first-order chi connectivity index (χ1) is 14.9. The summed E-state index contributed by atoms with van der Waals surface area (Å²) in [4.78, 5) is 9.25. The highest BCUT2D eigenvalue weighted by Gasteiger charge is 2.95. The number of alkyl halides is 18. The van der Waals surface area contributed by atoms with Gasteiger partial charge in [-0.1, -0.05) is 6.58 Å². The lowest BCUT2D eigenvalue weighted by Crippen LogP contribution is -2.76. The molecule has 210 valence electrons. The summed E-state index contributed by atoms with van der Waals surface area (Å²) in [7, 11) is 0. The Morgan fingerprint density at radius 2 is 0.771 bits per heavy atom. The Labute approximate surface area is 179 Å². The van der Waals surface area contributed by atoms with E-state index < -0.39 is 66.1 Å². The van der Waals surface area contributed by atoms with Crippen molar-refractivity contribution in [2.75, 3.05) is 0 Å². The van der Waals surface area contributed by atoms with Crippen molar-refractivity contribution in [3.05, 3.63) is 12.7 Å². The Kier molecular flexibility index (Phi) is 9.74. The zero-order valence-electron chi connectivity index (χ0n) is 15.5. The zero-order valence-corrected chi connectivity index (χ0v) is 15.5. The van der Waals surface area contributed by atoms with Gasteiger partial charge in [0.05, 0.1) is 0 Å². The lowest BCUT2D eigenvalue weighted by molar-refractivity contribution is -0.463. The van der Waals surface area contributed by atoms with Crippen LogP contribution in [0.25, 0.3) is 0 Å². The summed E-state index contributed by atoms with van der Waals surface area (Å²) in [5.41, 5.74) is 0. The number of hydrogen-bond donors (Lipinski definition) is 3. The molecule has 0 aromatic carbocycles. The maximum Gasteiger partial charge on any atom is 0.385 e. The summed E-state index contributed by atoms with van der Waals surface area (Å²) in [6.45, 7) is 2.96. The molecule has 0 rings (SSSR count). The molecule has 0 fully saturated rings. The molecule has 0 radical (unpaired) electrons. The van der Waals surface area contributed by atoms with Gasteiger partial charge in [0.1, 0.15) is 0 Å². The van der Waals surface area contributed by atoms with Gasteiger partial charge in [-0.25, -0.2) is 13.6 Å². The molecule has 0 unspecified atom stereocenters. The summed E-state index contributed by atoms with van der Waals surface area (Å²) in [6, 6.07) is 0. The monoisotopic (exact) mass is 570 g/mol. The van der Waals surface area contributed by atoms with Crippen LogP contribution in [0.2, 0.25) is 0 Å². The van der Waals surface area contributed by atoms with Gasteiger partial charge in [-0.3, -0.25) is 0 Å². The molecule has 0 saturated heterocycles. The maximum absolute atomic E-state index is 13.2. The molecule has 0 aromatic heterocycles. The molecular formula is C13H8F18O4. The Morgan fingerprint density at radius 3 is 0.943 bits per heavy atom. The molecular weight excluding hydrogens is 562 g/mol. The summed E-state index contributed by atoms with van der Waals surface area (Å²) in [5.74, 6) is -67.3. The van der Waals surface area contributed by atoms with E-state index in [1.165, 1.54) is 0 Å². The average Bonchev–Trinajstić information content (AvgIpc) is 2.66. The fraction of sp³-hybridized carbons (Fsp3) is 0.769. The average molecular weight is 570 g/mol. The van der Waals surface area contributed by atoms with Gasteiger partial charge in [0.2, 0.25) is 6.29 Å². The third kappa shape index (κ3) is 5.07. The molecule has 0 aliphatic carbocycles. The molecule has 22 heteroatoms. The number of aliphatic carboxylic acids is 1. The van der Waals surface area contributed by atoms with Gasteiger partial charge in [0.15, 0.2) is 0 Å². The molecule has 0 spiro atoms. The number of rotatable bonds is 10. The smallest absolute Gasteiger partial charge is 0.385 e. The van der Waals surface area contributed by atoms with Gasteiger partial charge in [-0.15, -0.1) is 0 Å². The van der Waals surface area contributed by atoms with Gasteiger partial charge < -0.3 is 15.3 Å². The number of carbonyl (C=O) groups is 1. The van der Waals surface area contributed by atoms with E-state index in [1.54, 1.807) is 0 Å². The van der Waals surface area contributed by atoms with Crippen molar-refractivity contribution < 1.29 is 99.1 Å². The molecule has 0 aromatic rings. The molecule has 0 atom stereocenters. The topological polar surface area (TPSA) is 77.8 Å². The van der Waals surface area contributed by atoms with Crippen LogP contribution in [-0.2, 0) is 4.79 Å². The van der Waals surface area contributed by atoms with E-state index in [-0.39, 0.29) is 0 Å². The Hall–Kier alpha value is -2.13. The minimum absolute atomic E-state index is 0.833. The van der Waals surface area contributed by atoms with E-state index in [0.29, 0.717) is 0 Å². The van der Waals surface area contributed by atoms with Crippen molar-refractivity contribution in [2.45, 2.75) is 60.1 Å². The zero-order chi connectivity index (χ0) is 29.4. The van der Waals surface area contributed by atoms with Crippen molar-refractivity contribution in [2.24, 2.45) is 0 Å². The number of carboxylic acid groups (broad SMARTS) is 1. The maximum atomic E-state index is 13.2. The minimum atomic E-state index is -8.84. The fourth-order valence-electron chi connectivity index (χ4n) is 1.51. The minimum Gasteiger partial charge on any atom is -0.478 e. The highest BCUT2D eigenvalue weighted by molar-refractivity contribution is 5.78. The summed E-state index contributed by atoms with van der Waals surface area (Å²) in [5, 5.41) is 23.2. The van der Waals surface area contributed by atoms with Crippen molar-refractivity contribution in [1.82, 2.24) is 0 Å². The van der Waals surface area contributed by atoms with E-state index >= 15 is 0 Å². The van der Waals surface area contributed by atoms with Crippen LogP contribution in [0.1, 0.15) is 0 Å². The molecule has 0 bridgehead atoms. The van der Waals surface area contributed by atoms with Crippen molar-refractivity contribution in [3.63, 3.8) is 0 Å². The molecule has 0 amide bonds. The van der Waals surface area contributed by atoms with Crippen molar-refractivity contribution in [3.8, 4) is 0 Å². The van der Waals surface area contributed by atoms with Crippen LogP contribution in [0.15, 0.2) is 12.7 Å².